The number of amides is 2. The van der Waals surface area contributed by atoms with E-state index in [1.165, 1.54) is 6.08 Å². The monoisotopic (exact) mass is 299 g/mol. The Balaban J connectivity index is 2.04. The van der Waals surface area contributed by atoms with Gasteiger partial charge in [-0.05, 0) is 35.9 Å². The average molecular weight is 299 g/mol. The summed E-state index contributed by atoms with van der Waals surface area (Å²) in [5, 5.41) is 30.1. The van der Waals surface area contributed by atoms with E-state index < -0.39 is 29.1 Å². The third-order valence-corrected chi connectivity index (χ3v) is 2.79. The minimum absolute atomic E-state index is 0.287. The Labute approximate surface area is 126 Å². The molecule has 0 aromatic heterocycles. The molecule has 2 aromatic carbocycles. The van der Waals surface area contributed by atoms with Crippen molar-refractivity contribution >= 4 is 17.9 Å². The largest absolute Gasteiger partial charge is 0.504 e. The van der Waals surface area contributed by atoms with Gasteiger partial charge in [0, 0.05) is 11.6 Å². The summed E-state index contributed by atoms with van der Waals surface area (Å²) in [6.07, 6.45) is 2.36. The zero-order valence-corrected chi connectivity index (χ0v) is 11.4. The molecule has 2 aromatic rings. The van der Waals surface area contributed by atoms with Crippen molar-refractivity contribution in [2.45, 2.75) is 0 Å². The van der Waals surface area contributed by atoms with Crippen molar-refractivity contribution in [3.05, 3.63) is 59.7 Å². The molecule has 2 rings (SSSR count). The van der Waals surface area contributed by atoms with Crippen LogP contribution in [0.2, 0.25) is 0 Å². The molecular weight excluding hydrogens is 286 g/mol. The maximum absolute atomic E-state index is 11.7. The zero-order chi connectivity index (χ0) is 16.1. The van der Waals surface area contributed by atoms with E-state index in [1.54, 1.807) is 30.3 Å². The van der Waals surface area contributed by atoms with Crippen molar-refractivity contribution in [1.29, 1.82) is 0 Å². The molecule has 22 heavy (non-hydrogen) atoms. The number of hydrogen-bond acceptors (Lipinski definition) is 5. The van der Waals surface area contributed by atoms with Crippen LogP contribution in [0.5, 0.6) is 17.2 Å². The summed E-state index contributed by atoms with van der Waals surface area (Å²) in [6, 6.07) is 10.6. The molecule has 0 aliphatic carbocycles. The summed E-state index contributed by atoms with van der Waals surface area (Å²) >= 11 is 0. The first-order chi connectivity index (χ1) is 10.5. The summed E-state index contributed by atoms with van der Waals surface area (Å²) in [4.78, 5) is 23.4. The molecule has 6 nitrogen and oxygen atoms in total. The van der Waals surface area contributed by atoms with Crippen LogP contribution in [-0.2, 0) is 4.79 Å². The van der Waals surface area contributed by atoms with Crippen molar-refractivity contribution < 1.29 is 24.9 Å². The fourth-order valence-electron chi connectivity index (χ4n) is 1.71. The summed E-state index contributed by atoms with van der Waals surface area (Å²) in [5.74, 6) is -2.85. The molecule has 0 spiro atoms. The first-order valence-corrected chi connectivity index (χ1v) is 6.31. The van der Waals surface area contributed by atoms with Gasteiger partial charge >= 0.3 is 0 Å². The third-order valence-electron chi connectivity index (χ3n) is 2.79. The molecule has 0 heterocycles. The number of carbonyl (C=O) groups is 2. The average Bonchev–Trinajstić information content (AvgIpc) is 2.51. The van der Waals surface area contributed by atoms with Crippen LogP contribution in [-0.4, -0.2) is 27.1 Å². The van der Waals surface area contributed by atoms with Gasteiger partial charge in [0.25, 0.3) is 11.8 Å². The third kappa shape index (κ3) is 3.63. The second-order valence-electron chi connectivity index (χ2n) is 4.43. The highest BCUT2D eigenvalue weighted by Gasteiger charge is 2.09. The van der Waals surface area contributed by atoms with Gasteiger partial charge in [-0.25, -0.2) is 0 Å². The predicted molar refractivity (Wildman–Crippen MR) is 79.4 cm³/mol. The van der Waals surface area contributed by atoms with E-state index in [9.17, 15) is 24.9 Å². The molecule has 0 radical (unpaired) electrons. The van der Waals surface area contributed by atoms with Crippen LogP contribution in [0.15, 0.2) is 48.5 Å². The van der Waals surface area contributed by atoms with Crippen molar-refractivity contribution in [1.82, 2.24) is 5.32 Å². The number of nitrogens with one attached hydrogen (secondary N) is 1. The van der Waals surface area contributed by atoms with Crippen molar-refractivity contribution in [2.24, 2.45) is 0 Å². The topological polar surface area (TPSA) is 107 Å². The molecule has 0 saturated carbocycles. The summed E-state index contributed by atoms with van der Waals surface area (Å²) in [7, 11) is 0. The van der Waals surface area contributed by atoms with E-state index in [4.69, 9.17) is 0 Å². The van der Waals surface area contributed by atoms with Gasteiger partial charge in [0.2, 0.25) is 0 Å². The van der Waals surface area contributed by atoms with Crippen LogP contribution in [0.1, 0.15) is 15.9 Å². The van der Waals surface area contributed by atoms with Gasteiger partial charge in [-0.3, -0.25) is 14.9 Å². The summed E-state index contributed by atoms with van der Waals surface area (Å²) in [5.41, 5.74) is 0.638. The Morgan fingerprint density at radius 2 is 1.55 bits per heavy atom. The van der Waals surface area contributed by atoms with Crippen LogP contribution in [0.3, 0.4) is 0 Å². The van der Waals surface area contributed by atoms with Gasteiger partial charge in [0.15, 0.2) is 17.2 Å². The molecule has 0 unspecified atom stereocenters. The smallest absolute Gasteiger partial charge is 0.258 e. The minimum Gasteiger partial charge on any atom is -0.504 e. The highest BCUT2D eigenvalue weighted by molar-refractivity contribution is 6.09. The maximum Gasteiger partial charge on any atom is 0.258 e. The maximum atomic E-state index is 11.7. The molecule has 2 amide bonds. The Hall–Kier alpha value is -3.28. The molecule has 0 bridgehead atoms. The second kappa shape index (κ2) is 6.45. The van der Waals surface area contributed by atoms with Crippen molar-refractivity contribution in [3.8, 4) is 17.2 Å². The number of carbonyl (C=O) groups excluding carboxylic acids is 2. The SMILES string of the molecule is O=C(C=Cc1cc(O)c(O)c(O)c1)NC(=O)c1ccccc1. The first kappa shape index (κ1) is 15.1. The van der Waals surface area contributed by atoms with Gasteiger partial charge in [-0.15, -0.1) is 0 Å². The lowest BCUT2D eigenvalue weighted by atomic mass is 10.1. The van der Waals surface area contributed by atoms with Crippen molar-refractivity contribution in [2.75, 3.05) is 0 Å². The standard InChI is InChI=1S/C16H13NO5/c18-12-8-10(9-13(19)15(12)21)6-7-14(20)17-16(22)11-4-2-1-3-5-11/h1-9,18-19,21H,(H,17,20,22). The van der Waals surface area contributed by atoms with E-state index in [0.717, 1.165) is 18.2 Å². The number of hydrogen-bond donors (Lipinski definition) is 4. The molecule has 4 N–H and O–H groups in total. The molecule has 0 atom stereocenters. The zero-order valence-electron chi connectivity index (χ0n) is 11.4. The van der Waals surface area contributed by atoms with Crippen LogP contribution < -0.4 is 5.32 Å². The van der Waals surface area contributed by atoms with E-state index in [0.29, 0.717) is 5.56 Å². The number of phenolic OH excluding ortho intramolecular Hbond substituents is 3. The second-order valence-corrected chi connectivity index (χ2v) is 4.43. The van der Waals surface area contributed by atoms with Gasteiger partial charge < -0.3 is 15.3 Å². The number of rotatable bonds is 3. The fraction of sp³-hybridized carbons (Fsp3) is 0. The molecule has 0 saturated heterocycles. The normalized spacial score (nSPS) is 10.5. The number of aromatic hydroxyl groups is 3. The lowest BCUT2D eigenvalue weighted by Gasteiger charge is -2.03. The molecule has 0 aliphatic heterocycles. The van der Waals surface area contributed by atoms with Gasteiger partial charge in [0.05, 0.1) is 0 Å². The molecule has 0 aliphatic rings. The Bertz CT molecular complexity index is 714. The molecular formula is C16H13NO5. The molecule has 0 fully saturated rings. The number of phenols is 3. The number of benzene rings is 2. The van der Waals surface area contributed by atoms with Gasteiger partial charge in [0.1, 0.15) is 0 Å². The van der Waals surface area contributed by atoms with Crippen molar-refractivity contribution in [3.63, 3.8) is 0 Å². The van der Waals surface area contributed by atoms with Crippen LogP contribution in [0.25, 0.3) is 6.08 Å². The first-order valence-electron chi connectivity index (χ1n) is 6.31. The lowest BCUT2D eigenvalue weighted by molar-refractivity contribution is -0.115. The molecule has 112 valence electrons. The Morgan fingerprint density at radius 1 is 0.955 bits per heavy atom. The molecule has 6 heteroatoms. The minimum atomic E-state index is -0.652. The van der Waals surface area contributed by atoms with E-state index >= 15 is 0 Å². The van der Waals surface area contributed by atoms with Crippen LogP contribution in [0, 0.1) is 0 Å². The predicted octanol–water partition coefficient (Wildman–Crippen LogP) is 1.77. The Morgan fingerprint density at radius 3 is 2.14 bits per heavy atom. The highest BCUT2D eigenvalue weighted by Crippen LogP contribution is 2.35. The van der Waals surface area contributed by atoms with Crippen LogP contribution in [0.4, 0.5) is 0 Å². The highest BCUT2D eigenvalue weighted by atomic mass is 16.3. The van der Waals surface area contributed by atoms with E-state index in [-0.39, 0.29) is 5.56 Å². The fourth-order valence-corrected chi connectivity index (χ4v) is 1.71. The Kier molecular flexibility index (Phi) is 4.43. The quantitative estimate of drug-likeness (QED) is 0.510. The van der Waals surface area contributed by atoms with E-state index in [2.05, 4.69) is 5.32 Å². The van der Waals surface area contributed by atoms with Crippen LogP contribution >= 0.6 is 0 Å². The van der Waals surface area contributed by atoms with Gasteiger partial charge in [-0.2, -0.15) is 0 Å². The number of imide groups is 1. The van der Waals surface area contributed by atoms with E-state index in [1.807, 2.05) is 0 Å². The van der Waals surface area contributed by atoms with Gasteiger partial charge in [-0.1, -0.05) is 18.2 Å². The summed E-state index contributed by atoms with van der Waals surface area (Å²) in [6.45, 7) is 0. The lowest BCUT2D eigenvalue weighted by Crippen LogP contribution is -2.28. The summed E-state index contributed by atoms with van der Waals surface area (Å²) < 4.78 is 0.